The first-order valence-electron chi connectivity index (χ1n) is 6.30. The van der Waals surface area contributed by atoms with Gasteiger partial charge < -0.3 is 9.88 Å². The largest absolute Gasteiger partial charge is 0.451 e. The average Bonchev–Trinajstić information content (AvgIpc) is 2.81. The van der Waals surface area contributed by atoms with Crippen LogP contribution in [-0.2, 0) is 29.3 Å². The third-order valence-electron chi connectivity index (χ3n) is 3.33. The van der Waals surface area contributed by atoms with Crippen LogP contribution in [0.1, 0.15) is 18.6 Å². The Kier molecular flexibility index (Phi) is 4.26. The zero-order valence-electron chi connectivity index (χ0n) is 11.6. The van der Waals surface area contributed by atoms with Gasteiger partial charge in [-0.15, -0.1) is 10.2 Å². The second-order valence-electron chi connectivity index (χ2n) is 4.84. The van der Waals surface area contributed by atoms with Crippen molar-refractivity contribution in [3.63, 3.8) is 0 Å². The summed E-state index contributed by atoms with van der Waals surface area (Å²) in [5.74, 6) is -1.08. The molecule has 1 aliphatic rings. The number of halogens is 3. The first kappa shape index (κ1) is 16.2. The molecular weight excluding hydrogens is 311 g/mol. The minimum atomic E-state index is -4.59. The van der Waals surface area contributed by atoms with Crippen LogP contribution < -0.4 is 5.32 Å². The molecule has 21 heavy (non-hydrogen) atoms. The van der Waals surface area contributed by atoms with Gasteiger partial charge in [0, 0.05) is 19.6 Å². The Morgan fingerprint density at radius 3 is 2.57 bits per heavy atom. The van der Waals surface area contributed by atoms with Gasteiger partial charge in [-0.2, -0.15) is 17.5 Å². The lowest BCUT2D eigenvalue weighted by Gasteiger charge is -2.29. The van der Waals surface area contributed by atoms with Crippen molar-refractivity contribution in [2.24, 2.45) is 0 Å². The molecule has 2 heterocycles. The number of alkyl halides is 3. The Morgan fingerprint density at radius 1 is 1.33 bits per heavy atom. The summed E-state index contributed by atoms with van der Waals surface area (Å²) in [6.45, 7) is 1.48. The molecular formula is C10H16F3N5O2S. The van der Waals surface area contributed by atoms with Gasteiger partial charge in [0.1, 0.15) is 5.82 Å². The maximum Gasteiger partial charge on any atom is 0.451 e. The second-order valence-corrected chi connectivity index (χ2v) is 7.19. The van der Waals surface area contributed by atoms with Crippen LogP contribution in [0.2, 0.25) is 0 Å². The Morgan fingerprint density at radius 2 is 2.00 bits per heavy atom. The number of nitrogens with zero attached hydrogens (tertiary/aromatic N) is 4. The summed E-state index contributed by atoms with van der Waals surface area (Å²) in [4.78, 5) is 0. The van der Waals surface area contributed by atoms with E-state index in [2.05, 4.69) is 15.5 Å². The van der Waals surface area contributed by atoms with Gasteiger partial charge in [-0.05, 0) is 14.0 Å². The first-order chi connectivity index (χ1) is 9.67. The van der Waals surface area contributed by atoms with Crippen LogP contribution in [0.15, 0.2) is 0 Å². The van der Waals surface area contributed by atoms with Crippen LogP contribution in [0.4, 0.5) is 13.2 Å². The van der Waals surface area contributed by atoms with E-state index in [1.807, 2.05) is 0 Å². The lowest BCUT2D eigenvalue weighted by Crippen LogP contribution is -2.45. The summed E-state index contributed by atoms with van der Waals surface area (Å²) >= 11 is 0. The third kappa shape index (κ3) is 3.04. The minimum absolute atomic E-state index is 0.00816. The van der Waals surface area contributed by atoms with Crippen LogP contribution >= 0.6 is 0 Å². The molecule has 120 valence electrons. The van der Waals surface area contributed by atoms with Gasteiger partial charge >= 0.3 is 6.18 Å². The smallest absolute Gasteiger partial charge is 0.318 e. The van der Waals surface area contributed by atoms with Gasteiger partial charge in [0.25, 0.3) is 0 Å². The van der Waals surface area contributed by atoms with Crippen molar-refractivity contribution < 1.29 is 21.6 Å². The molecule has 1 N–H and O–H groups in total. The van der Waals surface area contributed by atoms with Gasteiger partial charge in [0.15, 0.2) is 0 Å². The molecule has 11 heteroatoms. The first-order valence-corrected chi connectivity index (χ1v) is 7.81. The Hall–Kier alpha value is -1.20. The fourth-order valence-corrected chi connectivity index (χ4v) is 3.73. The molecule has 0 fully saturated rings. The number of fused-ring (bicyclic) bond motifs is 1. The molecule has 0 saturated heterocycles. The minimum Gasteiger partial charge on any atom is -0.318 e. The maximum absolute atomic E-state index is 12.7. The summed E-state index contributed by atoms with van der Waals surface area (Å²) in [5, 5.41) is 8.68. The molecule has 1 aliphatic heterocycles. The van der Waals surface area contributed by atoms with E-state index in [1.165, 1.54) is 0 Å². The predicted molar refractivity (Wildman–Crippen MR) is 67.7 cm³/mol. The quantitative estimate of drug-likeness (QED) is 0.845. The molecule has 0 aliphatic carbocycles. The monoisotopic (exact) mass is 327 g/mol. The van der Waals surface area contributed by atoms with Crippen molar-refractivity contribution in [1.82, 2.24) is 24.4 Å². The number of nitrogens with one attached hydrogen (secondary N) is 1. The molecule has 1 atom stereocenters. The number of rotatable bonds is 4. The maximum atomic E-state index is 12.7. The molecule has 1 aromatic rings. The van der Waals surface area contributed by atoms with Gasteiger partial charge in [-0.3, -0.25) is 0 Å². The highest BCUT2D eigenvalue weighted by molar-refractivity contribution is 7.89. The number of hydrogen-bond donors (Lipinski definition) is 1. The van der Waals surface area contributed by atoms with Crippen LogP contribution in [-0.4, -0.2) is 52.9 Å². The van der Waals surface area contributed by atoms with Crippen LogP contribution in [0.5, 0.6) is 0 Å². The number of aromatic nitrogens is 3. The van der Waals surface area contributed by atoms with E-state index < -0.39 is 27.3 Å². The average molecular weight is 327 g/mol. The normalized spacial score (nSPS) is 18.5. The Bertz CT molecular complexity index is 613. The van der Waals surface area contributed by atoms with Crippen molar-refractivity contribution in [3.8, 4) is 0 Å². The highest BCUT2D eigenvalue weighted by Crippen LogP contribution is 2.30. The molecule has 0 amide bonds. The zero-order valence-corrected chi connectivity index (χ0v) is 12.4. The number of hydrogen-bond acceptors (Lipinski definition) is 5. The molecule has 0 bridgehead atoms. The predicted octanol–water partition coefficient (Wildman–Crippen LogP) is 0.0502. The summed E-state index contributed by atoms with van der Waals surface area (Å²) in [5.41, 5.74) is 0. The standard InChI is InChI=1S/C10H16F3N5O2S/c1-7(5-14-2)21(19,20)17-3-4-18-8(6-17)15-16-9(18)10(11,12)13/h7,14H,3-6H2,1-2H3. The summed E-state index contributed by atoms with van der Waals surface area (Å²) < 4.78 is 64.8. The number of sulfonamides is 1. The topological polar surface area (TPSA) is 80.1 Å². The van der Waals surface area contributed by atoms with Crippen LogP contribution in [0.3, 0.4) is 0 Å². The van der Waals surface area contributed by atoms with Crippen molar-refractivity contribution in [1.29, 1.82) is 0 Å². The van der Waals surface area contributed by atoms with Gasteiger partial charge in [0.2, 0.25) is 15.8 Å². The Balaban J connectivity index is 2.23. The molecule has 0 spiro atoms. The Labute approximate surface area is 120 Å². The fourth-order valence-electron chi connectivity index (χ4n) is 2.21. The van der Waals surface area contributed by atoms with E-state index in [1.54, 1.807) is 14.0 Å². The lowest BCUT2D eigenvalue weighted by atomic mass is 10.4. The zero-order chi connectivity index (χ0) is 15.8. The molecule has 2 rings (SSSR count). The van der Waals surface area contributed by atoms with Crippen LogP contribution in [0, 0.1) is 0 Å². The van der Waals surface area contributed by atoms with E-state index in [-0.39, 0.29) is 32.0 Å². The van der Waals surface area contributed by atoms with E-state index >= 15 is 0 Å². The molecule has 0 aromatic carbocycles. The van der Waals surface area contributed by atoms with Crippen molar-refractivity contribution in [2.75, 3.05) is 20.1 Å². The molecule has 0 radical (unpaired) electrons. The fraction of sp³-hybridized carbons (Fsp3) is 0.800. The highest BCUT2D eigenvalue weighted by Gasteiger charge is 2.41. The van der Waals surface area contributed by atoms with Crippen molar-refractivity contribution in [2.45, 2.75) is 31.4 Å². The van der Waals surface area contributed by atoms with E-state index in [0.29, 0.717) is 0 Å². The third-order valence-corrected chi connectivity index (χ3v) is 5.55. The highest BCUT2D eigenvalue weighted by atomic mass is 32.2. The van der Waals surface area contributed by atoms with Crippen LogP contribution in [0.25, 0.3) is 0 Å². The molecule has 0 saturated carbocycles. The SMILES string of the molecule is CNCC(C)S(=O)(=O)N1CCn2c(nnc2C(F)(F)F)C1. The van der Waals surface area contributed by atoms with E-state index in [9.17, 15) is 21.6 Å². The van der Waals surface area contributed by atoms with Gasteiger partial charge in [0.05, 0.1) is 11.8 Å². The van der Waals surface area contributed by atoms with Crippen molar-refractivity contribution in [3.05, 3.63) is 11.6 Å². The molecule has 7 nitrogen and oxygen atoms in total. The van der Waals surface area contributed by atoms with Gasteiger partial charge in [-0.1, -0.05) is 0 Å². The van der Waals surface area contributed by atoms with E-state index in [4.69, 9.17) is 0 Å². The molecule has 1 unspecified atom stereocenters. The summed E-state index contributed by atoms with van der Waals surface area (Å²) in [7, 11) is -1.95. The molecule has 1 aromatic heterocycles. The van der Waals surface area contributed by atoms with Crippen molar-refractivity contribution >= 4 is 10.0 Å². The second kappa shape index (κ2) is 5.54. The van der Waals surface area contributed by atoms with Gasteiger partial charge in [-0.25, -0.2) is 8.42 Å². The summed E-state index contributed by atoms with van der Waals surface area (Å²) in [6, 6.07) is 0. The lowest BCUT2D eigenvalue weighted by molar-refractivity contribution is -0.147. The van der Waals surface area contributed by atoms with E-state index in [0.717, 1.165) is 8.87 Å². The summed E-state index contributed by atoms with van der Waals surface area (Å²) in [6.07, 6.45) is -4.59.